The summed E-state index contributed by atoms with van der Waals surface area (Å²) in [7, 11) is 0. The number of carbonyl (C=O) groups excluding carboxylic acids is 2. The summed E-state index contributed by atoms with van der Waals surface area (Å²) in [4.78, 5) is 38.3. The minimum absolute atomic E-state index is 0.00471. The molecule has 0 aromatic heterocycles. The van der Waals surface area contributed by atoms with Crippen molar-refractivity contribution in [2.45, 2.75) is 3.79 Å². The van der Waals surface area contributed by atoms with Gasteiger partial charge in [-0.2, -0.15) is 0 Å². The summed E-state index contributed by atoms with van der Waals surface area (Å²) < 4.78 is -1.63. The average molecular weight is 498 g/mol. The third-order valence-electron chi connectivity index (χ3n) is 5.24. The summed E-state index contributed by atoms with van der Waals surface area (Å²) in [5.74, 6) is -1.80. The first kappa shape index (κ1) is 23.0. The Morgan fingerprint density at radius 3 is 1.73 bits per heavy atom. The molecule has 2 aliphatic carbocycles. The molecule has 0 aliphatic heterocycles. The molecule has 4 rings (SSSR count). The van der Waals surface area contributed by atoms with E-state index in [1.165, 1.54) is 42.5 Å². The van der Waals surface area contributed by atoms with Crippen molar-refractivity contribution in [1.29, 1.82) is 0 Å². The zero-order chi connectivity index (χ0) is 23.8. The van der Waals surface area contributed by atoms with Crippen LogP contribution in [0, 0.1) is 0 Å². The molecule has 0 atom stereocenters. The zero-order valence-electron chi connectivity index (χ0n) is 16.9. The first-order chi connectivity index (χ1) is 15.7. The van der Waals surface area contributed by atoms with E-state index in [1.807, 2.05) is 0 Å². The molecule has 33 heavy (non-hydrogen) atoms. The monoisotopic (exact) mass is 496 g/mol. The van der Waals surface area contributed by atoms with Crippen LogP contribution in [0.3, 0.4) is 0 Å². The van der Waals surface area contributed by atoms with Gasteiger partial charge in [-0.25, -0.2) is 4.79 Å². The van der Waals surface area contributed by atoms with Gasteiger partial charge in [-0.3, -0.25) is 9.59 Å². The topological polar surface area (TPSA) is 71.4 Å². The van der Waals surface area contributed by atoms with Crippen molar-refractivity contribution in [3.05, 3.63) is 118 Å². The molecule has 2 aromatic rings. The quantitative estimate of drug-likeness (QED) is 0.244. The van der Waals surface area contributed by atoms with E-state index in [0.717, 1.165) is 0 Å². The largest absolute Gasteiger partial charge is 0.478 e. The van der Waals surface area contributed by atoms with Crippen LogP contribution in [-0.4, -0.2) is 22.6 Å². The fraction of sp³-hybridized carbons (Fsp3) is 0.0385. The van der Waals surface area contributed by atoms with E-state index in [0.29, 0.717) is 33.4 Å². The fourth-order valence-electron chi connectivity index (χ4n) is 3.60. The predicted octanol–water partition coefficient (Wildman–Crippen LogP) is 6.78. The van der Waals surface area contributed by atoms with Gasteiger partial charge in [-0.1, -0.05) is 102 Å². The molecule has 2 aromatic carbocycles. The molecule has 0 bridgehead atoms. The van der Waals surface area contributed by atoms with E-state index in [4.69, 9.17) is 34.8 Å². The molecule has 0 saturated heterocycles. The zero-order valence-corrected chi connectivity index (χ0v) is 19.2. The van der Waals surface area contributed by atoms with Crippen molar-refractivity contribution >= 4 is 52.3 Å². The fourth-order valence-corrected chi connectivity index (χ4v) is 3.97. The second-order valence-corrected chi connectivity index (χ2v) is 9.61. The second kappa shape index (κ2) is 8.99. The number of hydrogen-bond acceptors (Lipinski definition) is 3. The third-order valence-corrected chi connectivity index (χ3v) is 5.90. The number of alkyl halides is 3. The van der Waals surface area contributed by atoms with E-state index < -0.39 is 9.76 Å². The molecule has 0 heterocycles. The Balaban J connectivity index is 1.87. The third kappa shape index (κ3) is 4.64. The summed E-state index contributed by atoms with van der Waals surface area (Å²) in [6, 6.07) is 22.3. The molecule has 0 amide bonds. The van der Waals surface area contributed by atoms with E-state index in [-0.39, 0.29) is 22.7 Å². The molecule has 0 saturated carbocycles. The summed E-state index contributed by atoms with van der Waals surface area (Å²) in [6.07, 6.45) is 0. The van der Waals surface area contributed by atoms with Crippen molar-refractivity contribution in [3.8, 4) is 11.1 Å². The summed E-state index contributed by atoms with van der Waals surface area (Å²) in [5.41, 5.74) is 2.53. The molecule has 2 aliphatic rings. The van der Waals surface area contributed by atoms with Crippen LogP contribution in [0.4, 0.5) is 0 Å². The maximum Gasteiger partial charge on any atom is 0.335 e. The van der Waals surface area contributed by atoms with Gasteiger partial charge in [0.15, 0.2) is 11.6 Å². The lowest BCUT2D eigenvalue weighted by Gasteiger charge is -2.11. The van der Waals surface area contributed by atoms with Crippen LogP contribution in [-0.2, 0) is 3.79 Å². The van der Waals surface area contributed by atoms with Crippen molar-refractivity contribution in [2.75, 3.05) is 0 Å². The molecule has 1 N–H and O–H groups in total. The lowest BCUT2D eigenvalue weighted by Crippen LogP contribution is -2.04. The molecular weight excluding hydrogens is 483 g/mol. The number of carboxylic acids is 1. The number of carboxylic acid groups (broad SMARTS) is 1. The Labute approximate surface area is 204 Å². The van der Waals surface area contributed by atoms with Crippen LogP contribution in [0.15, 0.2) is 84.9 Å². The van der Waals surface area contributed by atoms with Crippen LogP contribution >= 0.6 is 34.8 Å². The van der Waals surface area contributed by atoms with Crippen LogP contribution < -0.4 is 0 Å². The van der Waals surface area contributed by atoms with Gasteiger partial charge in [0.25, 0.3) is 0 Å². The number of benzene rings is 2. The van der Waals surface area contributed by atoms with E-state index >= 15 is 0 Å². The minimum atomic E-state index is -1.63. The van der Waals surface area contributed by atoms with Crippen LogP contribution in [0.1, 0.15) is 47.8 Å². The number of ketones is 2. The first-order valence-corrected chi connectivity index (χ1v) is 10.9. The Morgan fingerprint density at radius 2 is 1.15 bits per heavy atom. The lowest BCUT2D eigenvalue weighted by atomic mass is 9.98. The van der Waals surface area contributed by atoms with E-state index in [9.17, 15) is 19.5 Å². The summed E-state index contributed by atoms with van der Waals surface area (Å²) in [5, 5.41) is 9.51. The van der Waals surface area contributed by atoms with Crippen LogP contribution in [0.5, 0.6) is 0 Å². The Hall–Kier alpha value is -3.18. The molecule has 4 nitrogen and oxygen atoms in total. The predicted molar refractivity (Wildman–Crippen MR) is 129 cm³/mol. The standard InChI is InChI=1S/C26H15Cl3O4/c27-26(28,29)18-11-9-16(10-12-18)24(31)22-14-21(23(30)15-5-2-1-3-6-15)19-8-4-7-17(25(32)33)13-20(19)22/h1-14H,(H,32,33). The van der Waals surface area contributed by atoms with Gasteiger partial charge in [0.2, 0.25) is 3.79 Å². The Kier molecular flexibility index (Phi) is 6.26. The van der Waals surface area contributed by atoms with Crippen molar-refractivity contribution < 1.29 is 19.5 Å². The summed E-state index contributed by atoms with van der Waals surface area (Å²) in [6.45, 7) is 0. The highest BCUT2D eigenvalue weighted by Crippen LogP contribution is 2.39. The average Bonchev–Trinajstić information content (AvgIpc) is 3.00. The Bertz CT molecular complexity index is 1340. The number of hydrogen-bond donors (Lipinski definition) is 1. The highest BCUT2D eigenvalue weighted by Gasteiger charge is 2.27. The van der Waals surface area contributed by atoms with Gasteiger partial charge in [-0.15, -0.1) is 0 Å². The highest BCUT2D eigenvalue weighted by molar-refractivity contribution is 6.66. The molecule has 7 heteroatoms. The van der Waals surface area contributed by atoms with E-state index in [2.05, 4.69) is 0 Å². The smallest absolute Gasteiger partial charge is 0.335 e. The minimum Gasteiger partial charge on any atom is -0.478 e. The molecule has 0 spiro atoms. The maximum atomic E-state index is 13.4. The van der Waals surface area contributed by atoms with Crippen LogP contribution in [0.25, 0.3) is 11.1 Å². The molecule has 164 valence electrons. The van der Waals surface area contributed by atoms with Crippen molar-refractivity contribution in [1.82, 2.24) is 0 Å². The highest BCUT2D eigenvalue weighted by atomic mass is 35.6. The lowest BCUT2D eigenvalue weighted by molar-refractivity contribution is 0.0696. The number of carbonyl (C=O) groups is 3. The van der Waals surface area contributed by atoms with Gasteiger partial charge >= 0.3 is 5.97 Å². The second-order valence-electron chi connectivity index (χ2n) is 7.33. The van der Waals surface area contributed by atoms with Gasteiger partial charge in [0.05, 0.1) is 5.56 Å². The number of rotatable bonds is 5. The van der Waals surface area contributed by atoms with Gasteiger partial charge in [0.1, 0.15) is 0 Å². The molecule has 0 unspecified atom stereocenters. The van der Waals surface area contributed by atoms with Crippen molar-refractivity contribution in [2.24, 2.45) is 0 Å². The SMILES string of the molecule is O=C(O)c1cccc2c(C(=O)c3ccccc3)cc(C(=O)c3ccc(C(Cl)(Cl)Cl)cc3)c-2c1. The number of aromatic carboxylic acids is 1. The van der Waals surface area contributed by atoms with Crippen LogP contribution in [0.2, 0.25) is 0 Å². The molecule has 0 fully saturated rings. The number of halogens is 3. The van der Waals surface area contributed by atoms with Gasteiger partial charge in [-0.05, 0) is 29.3 Å². The summed E-state index contributed by atoms with van der Waals surface area (Å²) >= 11 is 17.7. The maximum absolute atomic E-state index is 13.4. The van der Waals surface area contributed by atoms with E-state index in [1.54, 1.807) is 42.5 Å². The van der Waals surface area contributed by atoms with Gasteiger partial charge in [0, 0.05) is 27.8 Å². The first-order valence-electron chi connectivity index (χ1n) is 9.78. The van der Waals surface area contributed by atoms with Gasteiger partial charge < -0.3 is 5.11 Å². The molecular formula is C26H15Cl3O4. The molecule has 0 radical (unpaired) electrons. The number of fused-ring (bicyclic) bond motifs is 1. The van der Waals surface area contributed by atoms with Crippen molar-refractivity contribution in [3.63, 3.8) is 0 Å². The normalized spacial score (nSPS) is 11.4. The Morgan fingerprint density at radius 1 is 0.606 bits per heavy atom.